The molecule has 5 nitrogen and oxygen atoms in total. The molecule has 31 heavy (non-hydrogen) atoms. The smallest absolute Gasteiger partial charge is 0.230 e. The average Bonchev–Trinajstić information content (AvgIpc) is 3.52. The highest BCUT2D eigenvalue weighted by Gasteiger charge is 2.41. The lowest BCUT2D eigenvalue weighted by molar-refractivity contribution is -0.136. The lowest BCUT2D eigenvalue weighted by atomic mass is 9.87. The van der Waals surface area contributed by atoms with E-state index in [1.54, 1.807) is 0 Å². The summed E-state index contributed by atoms with van der Waals surface area (Å²) < 4.78 is 1.15. The molecule has 162 valence electrons. The number of nitrogens with one attached hydrogen (secondary N) is 2. The van der Waals surface area contributed by atoms with Crippen LogP contribution in [0, 0.1) is 11.8 Å². The largest absolute Gasteiger partial charge is 0.339 e. The summed E-state index contributed by atoms with van der Waals surface area (Å²) in [5, 5.41) is 6.47. The quantitative estimate of drug-likeness (QED) is 0.656. The molecule has 2 aromatic carbocycles. The lowest BCUT2D eigenvalue weighted by Gasteiger charge is -2.33. The summed E-state index contributed by atoms with van der Waals surface area (Å²) in [6.07, 6.45) is 3.38. The molecule has 1 saturated heterocycles. The van der Waals surface area contributed by atoms with Crippen LogP contribution >= 0.6 is 15.9 Å². The van der Waals surface area contributed by atoms with E-state index in [9.17, 15) is 9.59 Å². The van der Waals surface area contributed by atoms with E-state index in [0.29, 0.717) is 17.9 Å². The van der Waals surface area contributed by atoms with Crippen LogP contribution in [-0.4, -0.2) is 42.4 Å². The van der Waals surface area contributed by atoms with Crippen LogP contribution in [0.4, 0.5) is 5.69 Å². The molecule has 2 aromatic rings. The van der Waals surface area contributed by atoms with Crippen molar-refractivity contribution in [2.45, 2.75) is 37.6 Å². The van der Waals surface area contributed by atoms with Gasteiger partial charge < -0.3 is 15.5 Å². The number of amides is 2. The second kappa shape index (κ2) is 8.75. The van der Waals surface area contributed by atoms with E-state index < -0.39 is 0 Å². The van der Waals surface area contributed by atoms with Crippen LogP contribution in [-0.2, 0) is 16.0 Å². The molecular formula is C25H28BrN3O2. The first-order valence-electron chi connectivity index (χ1n) is 11.2. The second-order valence-corrected chi connectivity index (χ2v) is 9.94. The van der Waals surface area contributed by atoms with Gasteiger partial charge in [-0.3, -0.25) is 9.59 Å². The van der Waals surface area contributed by atoms with Crippen LogP contribution < -0.4 is 10.6 Å². The molecule has 1 aliphatic carbocycles. The molecule has 1 saturated carbocycles. The number of fused-ring (bicyclic) bond motifs is 1. The summed E-state index contributed by atoms with van der Waals surface area (Å²) >= 11 is 3.68. The van der Waals surface area contributed by atoms with Gasteiger partial charge in [-0.2, -0.15) is 0 Å². The highest BCUT2D eigenvalue weighted by atomic mass is 79.9. The maximum absolute atomic E-state index is 13.7. The number of hydrogen-bond acceptors (Lipinski definition) is 3. The summed E-state index contributed by atoms with van der Waals surface area (Å²) in [5.41, 5.74) is 3.05. The molecular weight excluding hydrogens is 454 g/mol. The second-order valence-electron chi connectivity index (χ2n) is 9.09. The number of carbonyl (C=O) groups is 2. The van der Waals surface area contributed by atoms with Crippen molar-refractivity contribution in [2.24, 2.45) is 11.8 Å². The topological polar surface area (TPSA) is 61.4 Å². The molecule has 2 fully saturated rings. The Bertz CT molecular complexity index is 990. The molecule has 3 aliphatic rings. The number of halogens is 1. The van der Waals surface area contributed by atoms with Gasteiger partial charge in [0.15, 0.2) is 0 Å². The zero-order valence-corrected chi connectivity index (χ0v) is 19.1. The van der Waals surface area contributed by atoms with Gasteiger partial charge in [-0.15, -0.1) is 0 Å². The molecule has 3 atom stereocenters. The van der Waals surface area contributed by atoms with Crippen molar-refractivity contribution in [1.82, 2.24) is 10.2 Å². The standard InChI is InChI=1S/C25H28BrN3O2/c26-22-7-3-1-5-16(22)11-17-13-27-14-18(17)15-29(19-9-10-19)25(31)21-12-24(30)28-23-8-4-2-6-20(21)23/h1-8,17-19,21,27H,9-15H2,(H,28,30)/t17-,18-,21+/m0/s1. The molecule has 0 radical (unpaired) electrons. The number of para-hydroxylation sites is 1. The number of nitrogens with zero attached hydrogens (tertiary/aromatic N) is 1. The first-order chi connectivity index (χ1) is 15.1. The normalized spacial score (nSPS) is 25.1. The minimum absolute atomic E-state index is 0.0675. The number of benzene rings is 2. The van der Waals surface area contributed by atoms with Gasteiger partial charge in [0.05, 0.1) is 5.92 Å². The monoisotopic (exact) mass is 481 g/mol. The van der Waals surface area contributed by atoms with E-state index in [-0.39, 0.29) is 24.2 Å². The predicted molar refractivity (Wildman–Crippen MR) is 125 cm³/mol. The fourth-order valence-corrected chi connectivity index (χ4v) is 5.52. The molecule has 2 N–H and O–H groups in total. The maximum Gasteiger partial charge on any atom is 0.230 e. The molecule has 0 bridgehead atoms. The van der Waals surface area contributed by atoms with Gasteiger partial charge in [-0.05, 0) is 67.4 Å². The van der Waals surface area contributed by atoms with E-state index in [0.717, 1.165) is 54.6 Å². The van der Waals surface area contributed by atoms with Gasteiger partial charge in [0.25, 0.3) is 0 Å². The van der Waals surface area contributed by atoms with Crippen molar-refractivity contribution in [3.8, 4) is 0 Å². The highest BCUT2D eigenvalue weighted by Crippen LogP contribution is 2.38. The van der Waals surface area contributed by atoms with Gasteiger partial charge >= 0.3 is 0 Å². The highest BCUT2D eigenvalue weighted by molar-refractivity contribution is 9.10. The van der Waals surface area contributed by atoms with Crippen molar-refractivity contribution >= 4 is 33.4 Å². The van der Waals surface area contributed by atoms with Crippen LogP contribution in [0.3, 0.4) is 0 Å². The predicted octanol–water partition coefficient (Wildman–Crippen LogP) is 3.94. The van der Waals surface area contributed by atoms with Crippen molar-refractivity contribution in [2.75, 3.05) is 25.0 Å². The minimum atomic E-state index is -0.373. The third-order valence-corrected chi connectivity index (χ3v) is 7.69. The molecule has 2 aliphatic heterocycles. The van der Waals surface area contributed by atoms with Crippen LogP contribution in [0.1, 0.15) is 36.3 Å². The van der Waals surface area contributed by atoms with Crippen molar-refractivity contribution in [1.29, 1.82) is 0 Å². The lowest BCUT2D eigenvalue weighted by Crippen LogP contribution is -2.43. The Kier molecular flexibility index (Phi) is 5.85. The molecule has 2 amide bonds. The Morgan fingerprint density at radius 2 is 1.77 bits per heavy atom. The van der Waals surface area contributed by atoms with Crippen LogP contribution in [0.15, 0.2) is 53.0 Å². The molecule has 0 spiro atoms. The summed E-state index contributed by atoms with van der Waals surface area (Å²) in [7, 11) is 0. The molecule has 5 rings (SSSR count). The van der Waals surface area contributed by atoms with Crippen molar-refractivity contribution < 1.29 is 9.59 Å². The molecule has 0 aromatic heterocycles. The number of anilines is 1. The fourth-order valence-electron chi connectivity index (χ4n) is 5.08. The van der Waals surface area contributed by atoms with E-state index in [1.807, 2.05) is 30.3 Å². The Morgan fingerprint density at radius 3 is 2.58 bits per heavy atom. The first-order valence-corrected chi connectivity index (χ1v) is 12.0. The minimum Gasteiger partial charge on any atom is -0.339 e. The van der Waals surface area contributed by atoms with Crippen LogP contribution in [0.25, 0.3) is 0 Å². The Balaban J connectivity index is 1.34. The van der Waals surface area contributed by atoms with Crippen molar-refractivity contribution in [3.63, 3.8) is 0 Å². The van der Waals surface area contributed by atoms with Crippen LogP contribution in [0.5, 0.6) is 0 Å². The van der Waals surface area contributed by atoms with Gasteiger partial charge in [0, 0.05) is 29.2 Å². The van der Waals surface area contributed by atoms with E-state index in [2.05, 4.69) is 49.7 Å². The Hall–Kier alpha value is -2.18. The average molecular weight is 482 g/mol. The molecule has 0 unspecified atom stereocenters. The summed E-state index contributed by atoms with van der Waals surface area (Å²) in [4.78, 5) is 28.1. The zero-order chi connectivity index (χ0) is 21.4. The van der Waals surface area contributed by atoms with Crippen LogP contribution in [0.2, 0.25) is 0 Å². The number of hydrogen-bond donors (Lipinski definition) is 2. The van der Waals surface area contributed by atoms with E-state index in [1.165, 1.54) is 5.56 Å². The van der Waals surface area contributed by atoms with E-state index in [4.69, 9.17) is 0 Å². The first kappa shape index (κ1) is 20.7. The van der Waals surface area contributed by atoms with E-state index >= 15 is 0 Å². The third kappa shape index (κ3) is 4.41. The van der Waals surface area contributed by atoms with Crippen molar-refractivity contribution in [3.05, 3.63) is 64.1 Å². The Labute approximate surface area is 191 Å². The number of carbonyl (C=O) groups excluding carboxylic acids is 2. The maximum atomic E-state index is 13.7. The summed E-state index contributed by atoms with van der Waals surface area (Å²) in [6.45, 7) is 2.69. The Morgan fingerprint density at radius 1 is 1.03 bits per heavy atom. The SMILES string of the molecule is O=C1C[C@@H](C(=O)N(C[C@@H]2CNC[C@@H]2Cc2ccccc2Br)C2CC2)c2ccccc2N1. The molecule has 6 heteroatoms. The fraction of sp³-hybridized carbons (Fsp3) is 0.440. The van der Waals surface area contributed by atoms with Gasteiger partial charge in [-0.1, -0.05) is 52.3 Å². The van der Waals surface area contributed by atoms with Gasteiger partial charge in [-0.25, -0.2) is 0 Å². The zero-order valence-electron chi connectivity index (χ0n) is 17.5. The van der Waals surface area contributed by atoms with Gasteiger partial charge in [0.2, 0.25) is 11.8 Å². The summed E-state index contributed by atoms with van der Waals surface area (Å²) in [6, 6.07) is 16.5. The summed E-state index contributed by atoms with van der Waals surface area (Å²) in [5.74, 6) is 0.596. The molecule has 2 heterocycles. The number of rotatable bonds is 6. The van der Waals surface area contributed by atoms with Gasteiger partial charge in [0.1, 0.15) is 0 Å². The third-order valence-electron chi connectivity index (χ3n) is 6.92.